The maximum Gasteiger partial charge on any atom is 0.254 e. The number of anilines is 3. The molecule has 4 rings (SSSR count). The van der Waals surface area contributed by atoms with Crippen molar-refractivity contribution < 1.29 is 4.79 Å². The molecule has 3 aromatic heterocycles. The van der Waals surface area contributed by atoms with Crippen LogP contribution in [0.3, 0.4) is 0 Å². The Hall–Kier alpha value is -3.82. The van der Waals surface area contributed by atoms with E-state index in [2.05, 4.69) is 36.1 Å². The molecule has 154 valence electrons. The molecular weight excluding hydrogens is 384 g/mol. The number of nitrogens with one attached hydrogen (secondary N) is 3. The number of aromatic nitrogens is 5. The molecular formula is C20H22N8O2. The maximum absolute atomic E-state index is 12.1. The molecule has 3 N–H and O–H groups in total. The first-order valence-electron chi connectivity index (χ1n) is 9.75. The summed E-state index contributed by atoms with van der Waals surface area (Å²) in [7, 11) is 0. The molecule has 0 aromatic carbocycles. The van der Waals surface area contributed by atoms with Gasteiger partial charge < -0.3 is 16.0 Å². The Kier molecular flexibility index (Phi) is 5.93. The number of amides is 1. The minimum atomic E-state index is -0.247. The van der Waals surface area contributed by atoms with Crippen molar-refractivity contribution in [2.24, 2.45) is 0 Å². The van der Waals surface area contributed by atoms with Gasteiger partial charge in [0, 0.05) is 43.2 Å². The van der Waals surface area contributed by atoms with Crippen LogP contribution >= 0.6 is 0 Å². The van der Waals surface area contributed by atoms with E-state index in [-0.39, 0.29) is 18.0 Å². The lowest BCUT2D eigenvalue weighted by atomic mass is 10.3. The second kappa shape index (κ2) is 9.12. The second-order valence-corrected chi connectivity index (χ2v) is 7.00. The highest BCUT2D eigenvalue weighted by atomic mass is 16.2. The van der Waals surface area contributed by atoms with E-state index in [1.165, 1.54) is 17.0 Å². The molecule has 0 saturated heterocycles. The zero-order valence-electron chi connectivity index (χ0n) is 16.3. The predicted molar refractivity (Wildman–Crippen MR) is 112 cm³/mol. The number of pyridine rings is 1. The lowest BCUT2D eigenvalue weighted by Crippen LogP contribution is -2.34. The fraction of sp³-hybridized carbons (Fsp3) is 0.300. The zero-order chi connectivity index (χ0) is 20.8. The molecule has 0 unspecified atom stereocenters. The Balaban J connectivity index is 1.18. The summed E-state index contributed by atoms with van der Waals surface area (Å²) in [6, 6.07) is 8.80. The molecule has 1 amide bonds. The van der Waals surface area contributed by atoms with Crippen LogP contribution in [0.5, 0.6) is 0 Å². The minimum absolute atomic E-state index is 0.0496. The fourth-order valence-electron chi connectivity index (χ4n) is 2.84. The number of rotatable bonds is 9. The van der Waals surface area contributed by atoms with Gasteiger partial charge in [0.05, 0.1) is 12.0 Å². The van der Waals surface area contributed by atoms with E-state index in [0.29, 0.717) is 30.6 Å². The minimum Gasteiger partial charge on any atom is -0.367 e. The molecule has 0 atom stereocenters. The molecule has 1 aliphatic rings. The second-order valence-electron chi connectivity index (χ2n) is 7.00. The molecule has 10 heteroatoms. The van der Waals surface area contributed by atoms with Crippen molar-refractivity contribution in [1.29, 1.82) is 0 Å². The summed E-state index contributed by atoms with van der Waals surface area (Å²) in [6.45, 7) is 0.817. The topological polar surface area (TPSA) is 127 Å². The van der Waals surface area contributed by atoms with E-state index in [4.69, 9.17) is 0 Å². The molecule has 10 nitrogen and oxygen atoms in total. The van der Waals surface area contributed by atoms with Gasteiger partial charge in [0.2, 0.25) is 5.91 Å². The molecule has 3 heterocycles. The number of carbonyl (C=O) groups excluding carboxylic acids is 1. The van der Waals surface area contributed by atoms with Gasteiger partial charge in [-0.25, -0.2) is 4.98 Å². The largest absolute Gasteiger partial charge is 0.367 e. The number of hydrogen-bond acceptors (Lipinski definition) is 8. The summed E-state index contributed by atoms with van der Waals surface area (Å²) >= 11 is 0. The van der Waals surface area contributed by atoms with Crippen molar-refractivity contribution in [3.63, 3.8) is 0 Å². The van der Waals surface area contributed by atoms with Crippen LogP contribution in [0.1, 0.15) is 24.5 Å². The quantitative estimate of drug-likeness (QED) is 0.454. The summed E-state index contributed by atoms with van der Waals surface area (Å²) in [5, 5.41) is 17.2. The van der Waals surface area contributed by atoms with Crippen LogP contribution in [0, 0.1) is 0 Å². The zero-order valence-corrected chi connectivity index (χ0v) is 16.3. The molecule has 0 radical (unpaired) electrons. The third kappa shape index (κ3) is 5.37. The van der Waals surface area contributed by atoms with E-state index in [0.717, 1.165) is 24.2 Å². The van der Waals surface area contributed by atoms with E-state index < -0.39 is 0 Å². The number of nitrogens with zero attached hydrogens (tertiary/aromatic N) is 5. The summed E-state index contributed by atoms with van der Waals surface area (Å²) in [5.41, 5.74) is 1.50. The molecule has 1 fully saturated rings. The van der Waals surface area contributed by atoms with E-state index in [1.807, 2.05) is 12.1 Å². The third-order valence-corrected chi connectivity index (χ3v) is 4.58. The van der Waals surface area contributed by atoms with Crippen molar-refractivity contribution in [3.8, 4) is 0 Å². The first-order chi connectivity index (χ1) is 14.7. The highest BCUT2D eigenvalue weighted by molar-refractivity contribution is 5.75. The van der Waals surface area contributed by atoms with E-state index in [9.17, 15) is 9.59 Å². The Morgan fingerprint density at radius 1 is 1.07 bits per heavy atom. The van der Waals surface area contributed by atoms with E-state index >= 15 is 0 Å². The Bertz CT molecular complexity index is 1050. The highest BCUT2D eigenvalue weighted by Gasteiger charge is 2.25. The van der Waals surface area contributed by atoms with Crippen LogP contribution in [0.15, 0.2) is 53.8 Å². The SMILES string of the molecule is O=C(Cn1cnc(C2CC2)cc1=O)NCCNc1ccc(Nc2ccncc2)nn1. The number of carbonyl (C=O) groups is 1. The van der Waals surface area contributed by atoms with Gasteiger partial charge in [0.15, 0.2) is 5.82 Å². The molecule has 1 saturated carbocycles. The summed E-state index contributed by atoms with van der Waals surface area (Å²) in [6.07, 6.45) is 6.99. The van der Waals surface area contributed by atoms with E-state index in [1.54, 1.807) is 24.5 Å². The van der Waals surface area contributed by atoms with Crippen LogP contribution in [0.25, 0.3) is 0 Å². The molecule has 0 aliphatic heterocycles. The lowest BCUT2D eigenvalue weighted by molar-refractivity contribution is -0.121. The van der Waals surface area contributed by atoms with Crippen LogP contribution in [0.4, 0.5) is 17.3 Å². The molecule has 3 aromatic rings. The lowest BCUT2D eigenvalue weighted by Gasteiger charge is -2.09. The average Bonchev–Trinajstić information content (AvgIpc) is 3.60. The van der Waals surface area contributed by atoms with Gasteiger partial charge >= 0.3 is 0 Å². The van der Waals surface area contributed by atoms with Gasteiger partial charge in [-0.3, -0.25) is 19.1 Å². The number of hydrogen-bond donors (Lipinski definition) is 3. The highest BCUT2D eigenvalue weighted by Crippen LogP contribution is 2.38. The smallest absolute Gasteiger partial charge is 0.254 e. The molecule has 30 heavy (non-hydrogen) atoms. The summed E-state index contributed by atoms with van der Waals surface area (Å²) in [5.74, 6) is 1.38. The Labute approximate surface area is 172 Å². The normalized spacial score (nSPS) is 12.9. The van der Waals surface area contributed by atoms with Crippen LogP contribution in [-0.2, 0) is 11.3 Å². The van der Waals surface area contributed by atoms with Crippen molar-refractivity contribution in [3.05, 3.63) is 65.1 Å². The van der Waals surface area contributed by atoms with Crippen molar-refractivity contribution in [2.75, 3.05) is 23.7 Å². The Morgan fingerprint density at radius 2 is 1.83 bits per heavy atom. The van der Waals surface area contributed by atoms with Gasteiger partial charge in [-0.15, -0.1) is 10.2 Å². The standard InChI is InChI=1S/C20H22N8O2/c29-19(12-28-13-24-16(11-20(28)30)14-1-2-14)23-10-9-22-17-3-4-18(27-26-17)25-15-5-7-21-8-6-15/h3-8,11,13-14H,1-2,9-10,12H2,(H,22,26)(H,23,29)(H,21,25,27). The van der Waals surface area contributed by atoms with Crippen molar-refractivity contribution in [1.82, 2.24) is 30.0 Å². The molecule has 0 spiro atoms. The van der Waals surface area contributed by atoms with Crippen molar-refractivity contribution >= 4 is 23.2 Å². The van der Waals surface area contributed by atoms with Crippen LogP contribution in [-0.4, -0.2) is 43.7 Å². The van der Waals surface area contributed by atoms with Crippen LogP contribution < -0.4 is 21.5 Å². The monoisotopic (exact) mass is 406 g/mol. The Morgan fingerprint density at radius 3 is 2.53 bits per heavy atom. The third-order valence-electron chi connectivity index (χ3n) is 4.58. The summed E-state index contributed by atoms with van der Waals surface area (Å²) in [4.78, 5) is 32.4. The fourth-order valence-corrected chi connectivity index (χ4v) is 2.84. The van der Waals surface area contributed by atoms with Gasteiger partial charge in [0.25, 0.3) is 5.56 Å². The van der Waals surface area contributed by atoms with Crippen LogP contribution in [0.2, 0.25) is 0 Å². The van der Waals surface area contributed by atoms with Gasteiger partial charge in [-0.2, -0.15) is 0 Å². The average molecular weight is 406 g/mol. The first-order valence-corrected chi connectivity index (χ1v) is 9.75. The summed E-state index contributed by atoms with van der Waals surface area (Å²) < 4.78 is 1.31. The van der Waals surface area contributed by atoms with Gasteiger partial charge in [-0.1, -0.05) is 0 Å². The predicted octanol–water partition coefficient (Wildman–Crippen LogP) is 1.28. The van der Waals surface area contributed by atoms with Gasteiger partial charge in [0.1, 0.15) is 12.4 Å². The molecule has 0 bridgehead atoms. The van der Waals surface area contributed by atoms with Crippen molar-refractivity contribution in [2.45, 2.75) is 25.3 Å². The molecule has 1 aliphatic carbocycles. The van der Waals surface area contributed by atoms with Gasteiger partial charge in [-0.05, 0) is 37.1 Å². The first kappa shape index (κ1) is 19.5. The maximum atomic E-state index is 12.1.